The molecule has 1 saturated carbocycles. The third-order valence-electron chi connectivity index (χ3n) is 5.02. The van der Waals surface area contributed by atoms with Crippen LogP contribution in [0.1, 0.15) is 49.7 Å². The van der Waals surface area contributed by atoms with E-state index in [1.165, 1.54) is 24.0 Å². The van der Waals surface area contributed by atoms with Crippen LogP contribution >= 0.6 is 0 Å². The van der Waals surface area contributed by atoms with Crippen LogP contribution in [0.25, 0.3) is 0 Å². The normalized spacial score (nSPS) is 24.4. The highest BCUT2D eigenvalue weighted by atomic mass is 16.4. The van der Waals surface area contributed by atoms with Gasteiger partial charge in [0.25, 0.3) is 0 Å². The summed E-state index contributed by atoms with van der Waals surface area (Å²) in [4.78, 5) is 23.7. The molecule has 4 heteroatoms. The Kier molecular flexibility index (Phi) is 4.46. The number of benzene rings is 1. The molecule has 0 aromatic heterocycles. The molecule has 2 aliphatic carbocycles. The lowest BCUT2D eigenvalue weighted by Crippen LogP contribution is -2.42. The van der Waals surface area contributed by atoms with Gasteiger partial charge in [-0.05, 0) is 61.8 Å². The molecule has 0 saturated heterocycles. The maximum atomic E-state index is 12.4. The summed E-state index contributed by atoms with van der Waals surface area (Å²) >= 11 is 0. The molecule has 4 nitrogen and oxygen atoms in total. The van der Waals surface area contributed by atoms with E-state index in [0.717, 1.165) is 31.4 Å². The summed E-state index contributed by atoms with van der Waals surface area (Å²) in [5.74, 6) is -2.38. The van der Waals surface area contributed by atoms with Crippen molar-refractivity contribution < 1.29 is 14.7 Å². The third-order valence-corrected chi connectivity index (χ3v) is 5.02. The molecule has 1 aromatic rings. The molecule has 0 bridgehead atoms. The monoisotopic (exact) mass is 300 g/mol. The van der Waals surface area contributed by atoms with Crippen molar-refractivity contribution in [3.63, 3.8) is 0 Å². The zero-order chi connectivity index (χ0) is 15.5. The summed E-state index contributed by atoms with van der Waals surface area (Å²) < 4.78 is 0. The van der Waals surface area contributed by atoms with Crippen LogP contribution in [0.2, 0.25) is 0 Å². The number of aryl methyl sites for hydroxylation is 2. The molecule has 0 unspecified atom stereocenters. The van der Waals surface area contributed by atoms with Crippen molar-refractivity contribution in [2.75, 3.05) is 5.32 Å². The largest absolute Gasteiger partial charge is 0.550 e. The van der Waals surface area contributed by atoms with Crippen molar-refractivity contribution in [1.82, 2.24) is 0 Å². The highest BCUT2D eigenvalue weighted by Crippen LogP contribution is 2.31. The van der Waals surface area contributed by atoms with E-state index in [4.69, 9.17) is 0 Å². The Hall–Kier alpha value is -1.84. The van der Waals surface area contributed by atoms with Gasteiger partial charge in [-0.1, -0.05) is 18.9 Å². The van der Waals surface area contributed by atoms with Gasteiger partial charge in [0.15, 0.2) is 0 Å². The van der Waals surface area contributed by atoms with E-state index in [1.54, 1.807) is 0 Å². The van der Waals surface area contributed by atoms with Gasteiger partial charge >= 0.3 is 0 Å². The van der Waals surface area contributed by atoms with E-state index in [0.29, 0.717) is 12.8 Å². The van der Waals surface area contributed by atoms with Crippen LogP contribution in [0.3, 0.4) is 0 Å². The lowest BCUT2D eigenvalue weighted by molar-refractivity contribution is -0.313. The number of carbonyl (C=O) groups is 2. The molecule has 22 heavy (non-hydrogen) atoms. The molecule has 0 aliphatic heterocycles. The Morgan fingerprint density at radius 2 is 1.64 bits per heavy atom. The molecule has 3 rings (SSSR count). The Balaban J connectivity index is 1.71. The maximum absolute atomic E-state index is 12.4. The van der Waals surface area contributed by atoms with Crippen LogP contribution in [0.4, 0.5) is 5.69 Å². The average Bonchev–Trinajstić information content (AvgIpc) is 2.54. The summed E-state index contributed by atoms with van der Waals surface area (Å²) in [6, 6.07) is 6.06. The second-order valence-electron chi connectivity index (χ2n) is 6.50. The first-order chi connectivity index (χ1) is 10.6. The quantitative estimate of drug-likeness (QED) is 0.929. The number of carboxylic acid groups (broad SMARTS) is 1. The van der Waals surface area contributed by atoms with Gasteiger partial charge < -0.3 is 15.2 Å². The molecule has 0 spiro atoms. The van der Waals surface area contributed by atoms with E-state index in [1.807, 2.05) is 12.1 Å². The van der Waals surface area contributed by atoms with Gasteiger partial charge in [-0.3, -0.25) is 4.79 Å². The van der Waals surface area contributed by atoms with Crippen molar-refractivity contribution in [3.8, 4) is 0 Å². The summed E-state index contributed by atoms with van der Waals surface area (Å²) in [6.07, 6.45) is 7.55. The average molecular weight is 300 g/mol. The van der Waals surface area contributed by atoms with E-state index in [-0.39, 0.29) is 5.91 Å². The van der Waals surface area contributed by atoms with E-state index >= 15 is 0 Å². The molecule has 0 heterocycles. The van der Waals surface area contributed by atoms with Crippen molar-refractivity contribution >= 4 is 17.6 Å². The van der Waals surface area contributed by atoms with Crippen LogP contribution in [-0.4, -0.2) is 11.9 Å². The fraction of sp³-hybridized carbons (Fsp3) is 0.556. The van der Waals surface area contributed by atoms with Crippen LogP contribution in [0.15, 0.2) is 18.2 Å². The molecule has 118 valence electrons. The number of hydrogen-bond donors (Lipinski definition) is 1. The number of rotatable bonds is 3. The fourth-order valence-corrected chi connectivity index (χ4v) is 3.77. The molecule has 1 aromatic carbocycles. The number of fused-ring (bicyclic) bond motifs is 1. The van der Waals surface area contributed by atoms with Crippen molar-refractivity contribution in [1.29, 1.82) is 0 Å². The maximum Gasteiger partial charge on any atom is 0.228 e. The molecule has 1 amide bonds. The molecule has 2 atom stereocenters. The second-order valence-corrected chi connectivity index (χ2v) is 6.50. The number of anilines is 1. The highest BCUT2D eigenvalue weighted by Gasteiger charge is 2.31. The van der Waals surface area contributed by atoms with Gasteiger partial charge in [-0.2, -0.15) is 0 Å². The number of nitrogens with one attached hydrogen (secondary N) is 1. The summed E-state index contributed by atoms with van der Waals surface area (Å²) in [5.41, 5.74) is 3.46. The summed E-state index contributed by atoms with van der Waals surface area (Å²) in [5, 5.41) is 14.1. The van der Waals surface area contributed by atoms with Gasteiger partial charge in [-0.15, -0.1) is 0 Å². The number of aliphatic carboxylic acids is 1. The topological polar surface area (TPSA) is 69.2 Å². The lowest BCUT2D eigenvalue weighted by atomic mass is 9.78. The minimum atomic E-state index is -1.09. The Morgan fingerprint density at radius 3 is 2.36 bits per heavy atom. The first-order valence-electron chi connectivity index (χ1n) is 8.28. The third kappa shape index (κ3) is 3.16. The lowest BCUT2D eigenvalue weighted by Gasteiger charge is -2.31. The van der Waals surface area contributed by atoms with Gasteiger partial charge in [0, 0.05) is 23.5 Å². The van der Waals surface area contributed by atoms with Crippen LogP contribution < -0.4 is 10.4 Å². The van der Waals surface area contributed by atoms with Gasteiger partial charge in [0.05, 0.1) is 0 Å². The first-order valence-corrected chi connectivity index (χ1v) is 8.28. The van der Waals surface area contributed by atoms with Crippen molar-refractivity contribution in [2.45, 2.75) is 51.4 Å². The van der Waals surface area contributed by atoms with Crippen molar-refractivity contribution in [3.05, 3.63) is 29.3 Å². The summed E-state index contributed by atoms with van der Waals surface area (Å²) in [7, 11) is 0. The smallest absolute Gasteiger partial charge is 0.228 e. The SMILES string of the molecule is O=C([O-])[C@H]1CCCC[C@H]1C(=O)Nc1ccc2c(c1)CCCC2. The molecule has 1 fully saturated rings. The minimum absolute atomic E-state index is 0.176. The predicted molar refractivity (Wildman–Crippen MR) is 82.2 cm³/mol. The van der Waals surface area contributed by atoms with Gasteiger partial charge in [-0.25, -0.2) is 0 Å². The fourth-order valence-electron chi connectivity index (χ4n) is 3.77. The molecule has 0 radical (unpaired) electrons. The zero-order valence-electron chi connectivity index (χ0n) is 12.8. The van der Waals surface area contributed by atoms with Crippen LogP contribution in [0.5, 0.6) is 0 Å². The zero-order valence-corrected chi connectivity index (χ0v) is 12.8. The molecular weight excluding hydrogens is 278 g/mol. The predicted octanol–water partition coefficient (Wildman–Crippen LogP) is 2.06. The number of carboxylic acids is 1. The standard InChI is InChI=1S/C18H23NO3/c20-17(15-7-3-4-8-16(15)18(21)22)19-14-10-9-12-5-1-2-6-13(12)11-14/h9-11,15-16H,1-8H2,(H,19,20)(H,21,22)/p-1/t15-,16+/m1/s1. The molecule has 1 N–H and O–H groups in total. The Morgan fingerprint density at radius 1 is 0.955 bits per heavy atom. The number of carbonyl (C=O) groups excluding carboxylic acids is 2. The Bertz CT molecular complexity index is 582. The van der Waals surface area contributed by atoms with Crippen LogP contribution in [-0.2, 0) is 22.4 Å². The van der Waals surface area contributed by atoms with Crippen LogP contribution in [0, 0.1) is 11.8 Å². The van der Waals surface area contributed by atoms with E-state index in [9.17, 15) is 14.7 Å². The molecular formula is C18H22NO3-. The van der Waals surface area contributed by atoms with E-state index in [2.05, 4.69) is 11.4 Å². The molecule has 2 aliphatic rings. The van der Waals surface area contributed by atoms with Gasteiger partial charge in [0.1, 0.15) is 0 Å². The van der Waals surface area contributed by atoms with Gasteiger partial charge in [0.2, 0.25) is 5.91 Å². The van der Waals surface area contributed by atoms with Crippen molar-refractivity contribution in [2.24, 2.45) is 11.8 Å². The second kappa shape index (κ2) is 6.51. The highest BCUT2D eigenvalue weighted by molar-refractivity contribution is 5.95. The Labute approximate surface area is 130 Å². The minimum Gasteiger partial charge on any atom is -0.550 e. The first kappa shape index (κ1) is 15.1. The number of amides is 1. The van der Waals surface area contributed by atoms with E-state index < -0.39 is 17.8 Å². The number of hydrogen-bond acceptors (Lipinski definition) is 3. The summed E-state index contributed by atoms with van der Waals surface area (Å²) in [6.45, 7) is 0.